The lowest BCUT2D eigenvalue weighted by atomic mass is 9.83. The molecule has 1 unspecified atom stereocenters. The molecular weight excluding hydrogens is 330 g/mol. The number of hydrogen-bond donors (Lipinski definition) is 2. The number of aromatic nitrogens is 2. The summed E-state index contributed by atoms with van der Waals surface area (Å²) in [6.45, 7) is 3.81. The first-order chi connectivity index (χ1) is 11.2. The molecule has 0 radical (unpaired) electrons. The average molecular weight is 353 g/mol. The molecule has 2 heterocycles. The topological polar surface area (TPSA) is 97.4 Å². The first-order valence-corrected chi connectivity index (χ1v) is 9.53. The van der Waals surface area contributed by atoms with Crippen LogP contribution in [0.5, 0.6) is 0 Å². The molecule has 132 valence electrons. The minimum Gasteiger partial charge on any atom is -0.469 e. The number of rotatable bonds is 5. The van der Waals surface area contributed by atoms with Gasteiger partial charge in [0.25, 0.3) is 10.0 Å². The molecule has 1 atom stereocenters. The molecule has 0 saturated heterocycles. The Bertz CT molecular complexity index is 837. The van der Waals surface area contributed by atoms with Gasteiger partial charge in [-0.2, -0.15) is 0 Å². The van der Waals surface area contributed by atoms with E-state index < -0.39 is 15.6 Å². The Labute approximate surface area is 141 Å². The van der Waals surface area contributed by atoms with Gasteiger partial charge >= 0.3 is 0 Å². The van der Waals surface area contributed by atoms with E-state index in [4.69, 9.17) is 4.42 Å². The number of imidazole rings is 1. The van der Waals surface area contributed by atoms with Crippen molar-refractivity contribution in [3.8, 4) is 0 Å². The zero-order valence-electron chi connectivity index (χ0n) is 14.1. The van der Waals surface area contributed by atoms with E-state index in [-0.39, 0.29) is 17.5 Å². The van der Waals surface area contributed by atoms with Crippen LogP contribution in [0, 0.1) is 0 Å². The van der Waals surface area contributed by atoms with Crippen molar-refractivity contribution in [3.05, 3.63) is 35.7 Å². The molecule has 0 aliphatic heterocycles. The normalized spacial score (nSPS) is 21.2. The van der Waals surface area contributed by atoms with Crippen LogP contribution < -0.4 is 4.72 Å². The predicted octanol–water partition coefficient (Wildman–Crippen LogP) is 1.64. The summed E-state index contributed by atoms with van der Waals surface area (Å²) in [5, 5.41) is 10.8. The Morgan fingerprint density at radius 1 is 1.50 bits per heavy atom. The van der Waals surface area contributed by atoms with Gasteiger partial charge in [0, 0.05) is 37.7 Å². The van der Waals surface area contributed by atoms with Gasteiger partial charge in [0.05, 0.1) is 6.26 Å². The molecule has 3 rings (SSSR count). The van der Waals surface area contributed by atoms with Gasteiger partial charge in [0.15, 0.2) is 5.03 Å². The average Bonchev–Trinajstić information content (AvgIpc) is 3.13. The summed E-state index contributed by atoms with van der Waals surface area (Å²) in [4.78, 5) is 4.21. The lowest BCUT2D eigenvalue weighted by Gasteiger charge is -2.31. The van der Waals surface area contributed by atoms with Crippen LogP contribution in [-0.2, 0) is 29.1 Å². The quantitative estimate of drug-likeness (QED) is 0.852. The van der Waals surface area contributed by atoms with E-state index in [1.165, 1.54) is 12.5 Å². The Morgan fingerprint density at radius 3 is 2.92 bits per heavy atom. The maximum atomic E-state index is 12.5. The van der Waals surface area contributed by atoms with E-state index in [0.717, 1.165) is 18.6 Å². The second-order valence-corrected chi connectivity index (χ2v) is 8.38. The second kappa shape index (κ2) is 6.02. The SMILES string of the molecule is CC(C)c1nc(S(=O)(=O)NCC2(O)CCCc3occc32)cn1C. The molecular formula is C16H23N3O4S. The monoisotopic (exact) mass is 353 g/mol. The summed E-state index contributed by atoms with van der Waals surface area (Å²) in [6.07, 6.45) is 5.02. The first-order valence-electron chi connectivity index (χ1n) is 8.05. The summed E-state index contributed by atoms with van der Waals surface area (Å²) >= 11 is 0. The maximum absolute atomic E-state index is 12.5. The van der Waals surface area contributed by atoms with Crippen LogP contribution in [0.3, 0.4) is 0 Å². The number of sulfonamides is 1. The number of fused-ring (bicyclic) bond motifs is 1. The van der Waals surface area contributed by atoms with E-state index in [1.807, 2.05) is 13.8 Å². The van der Waals surface area contributed by atoms with Crippen LogP contribution in [-0.4, -0.2) is 29.6 Å². The van der Waals surface area contributed by atoms with Crippen molar-refractivity contribution in [1.29, 1.82) is 0 Å². The Balaban J connectivity index is 1.80. The molecule has 2 aromatic heterocycles. The van der Waals surface area contributed by atoms with Crippen molar-refractivity contribution in [3.63, 3.8) is 0 Å². The zero-order chi connectivity index (χ0) is 17.5. The second-order valence-electron chi connectivity index (χ2n) is 6.67. The third-order valence-corrected chi connectivity index (χ3v) is 5.75. The van der Waals surface area contributed by atoms with Crippen molar-refractivity contribution in [2.45, 2.75) is 49.7 Å². The number of hydrogen-bond acceptors (Lipinski definition) is 5. The van der Waals surface area contributed by atoms with Gasteiger partial charge in [-0.1, -0.05) is 13.8 Å². The van der Waals surface area contributed by atoms with Gasteiger partial charge in [-0.25, -0.2) is 18.1 Å². The van der Waals surface area contributed by atoms with Crippen LogP contribution in [0.15, 0.2) is 28.0 Å². The lowest BCUT2D eigenvalue weighted by molar-refractivity contribution is 0.0221. The molecule has 0 saturated carbocycles. The lowest BCUT2D eigenvalue weighted by Crippen LogP contribution is -2.42. The van der Waals surface area contributed by atoms with Crippen LogP contribution in [0.25, 0.3) is 0 Å². The van der Waals surface area contributed by atoms with Crippen molar-refractivity contribution in [2.75, 3.05) is 6.54 Å². The van der Waals surface area contributed by atoms with Crippen LogP contribution in [0.1, 0.15) is 49.8 Å². The number of nitrogens with zero attached hydrogens (tertiary/aromatic N) is 2. The highest BCUT2D eigenvalue weighted by Crippen LogP contribution is 2.35. The molecule has 8 heteroatoms. The van der Waals surface area contributed by atoms with Gasteiger partial charge in [-0.15, -0.1) is 0 Å². The highest BCUT2D eigenvalue weighted by molar-refractivity contribution is 7.89. The molecule has 2 N–H and O–H groups in total. The number of nitrogens with one attached hydrogen (secondary N) is 1. The summed E-state index contributed by atoms with van der Waals surface area (Å²) < 4.78 is 34.6. The molecule has 0 spiro atoms. The first kappa shape index (κ1) is 17.2. The Hall–Kier alpha value is -1.64. The maximum Gasteiger partial charge on any atom is 0.259 e. The fraction of sp³-hybridized carbons (Fsp3) is 0.562. The van der Waals surface area contributed by atoms with Gasteiger partial charge in [0.1, 0.15) is 17.2 Å². The third-order valence-electron chi connectivity index (χ3n) is 4.48. The van der Waals surface area contributed by atoms with Gasteiger partial charge in [0.2, 0.25) is 0 Å². The Morgan fingerprint density at radius 2 is 2.25 bits per heavy atom. The molecule has 0 amide bonds. The summed E-state index contributed by atoms with van der Waals surface area (Å²) in [5.41, 5.74) is -0.580. The van der Waals surface area contributed by atoms with Crippen molar-refractivity contribution in [1.82, 2.24) is 14.3 Å². The zero-order valence-corrected chi connectivity index (χ0v) is 14.9. The van der Waals surface area contributed by atoms with Crippen molar-refractivity contribution < 1.29 is 17.9 Å². The van der Waals surface area contributed by atoms with E-state index in [9.17, 15) is 13.5 Å². The molecule has 2 aromatic rings. The smallest absolute Gasteiger partial charge is 0.259 e. The molecule has 1 aliphatic rings. The third kappa shape index (κ3) is 3.01. The summed E-state index contributed by atoms with van der Waals surface area (Å²) in [5.74, 6) is 1.54. The van der Waals surface area contributed by atoms with Crippen LogP contribution in [0.2, 0.25) is 0 Å². The van der Waals surface area contributed by atoms with Gasteiger partial charge < -0.3 is 14.1 Å². The minimum absolute atomic E-state index is 0.0273. The van der Waals surface area contributed by atoms with E-state index >= 15 is 0 Å². The molecule has 24 heavy (non-hydrogen) atoms. The molecule has 0 aromatic carbocycles. The summed E-state index contributed by atoms with van der Waals surface area (Å²) in [6, 6.07) is 1.71. The number of aryl methyl sites for hydroxylation is 2. The van der Waals surface area contributed by atoms with Crippen LogP contribution >= 0.6 is 0 Å². The molecule has 0 fully saturated rings. The van der Waals surface area contributed by atoms with Gasteiger partial charge in [-0.3, -0.25) is 0 Å². The highest BCUT2D eigenvalue weighted by Gasteiger charge is 2.37. The van der Waals surface area contributed by atoms with Crippen molar-refractivity contribution >= 4 is 10.0 Å². The Kier molecular flexibility index (Phi) is 4.31. The molecule has 0 bridgehead atoms. The highest BCUT2D eigenvalue weighted by atomic mass is 32.2. The van der Waals surface area contributed by atoms with Crippen molar-refractivity contribution in [2.24, 2.45) is 7.05 Å². The van der Waals surface area contributed by atoms with E-state index in [0.29, 0.717) is 17.8 Å². The number of furan rings is 1. The largest absolute Gasteiger partial charge is 0.469 e. The summed E-state index contributed by atoms with van der Waals surface area (Å²) in [7, 11) is -2.02. The fourth-order valence-electron chi connectivity index (χ4n) is 3.22. The minimum atomic E-state index is -3.79. The predicted molar refractivity (Wildman–Crippen MR) is 88.0 cm³/mol. The van der Waals surface area contributed by atoms with E-state index in [2.05, 4.69) is 9.71 Å². The molecule has 1 aliphatic carbocycles. The van der Waals surface area contributed by atoms with E-state index in [1.54, 1.807) is 17.7 Å². The standard InChI is InChI=1S/C16H23N3O4S/c1-11(2)15-18-14(9-19(15)3)24(21,22)17-10-16(20)7-4-5-13-12(16)6-8-23-13/h6,8-9,11,17,20H,4-5,7,10H2,1-3H3. The fourth-order valence-corrected chi connectivity index (χ4v) is 4.30. The van der Waals surface area contributed by atoms with Crippen LogP contribution in [0.4, 0.5) is 0 Å². The van der Waals surface area contributed by atoms with Gasteiger partial charge in [-0.05, 0) is 18.9 Å². The molecule has 7 nitrogen and oxygen atoms in total. The number of aliphatic hydroxyl groups is 1.